The molecule has 0 unspecified atom stereocenters. The number of aliphatic carboxylic acids is 1. The van der Waals surface area contributed by atoms with Gasteiger partial charge in [-0.3, -0.25) is 4.79 Å². The van der Waals surface area contributed by atoms with Gasteiger partial charge >= 0.3 is 5.97 Å². The summed E-state index contributed by atoms with van der Waals surface area (Å²) in [4.78, 5) is 14.6. The smallest absolute Gasteiger partial charge is 0.320 e. The van der Waals surface area contributed by atoms with E-state index in [2.05, 4.69) is 23.9 Å². The summed E-state index contributed by atoms with van der Waals surface area (Å²) in [5.41, 5.74) is 5.43. The van der Waals surface area contributed by atoms with Crippen molar-refractivity contribution in [2.24, 2.45) is 11.7 Å². The number of carboxylic acid groups (broad SMARTS) is 1. The molecular weight excluding hydrogens is 196 g/mol. The second kappa shape index (κ2) is 4.88. The number of nitrogens with zero attached hydrogens (tertiary/aromatic N) is 3. The number of hydrogen-bond acceptors (Lipinski definition) is 4. The van der Waals surface area contributed by atoms with Gasteiger partial charge in [0, 0.05) is 13.0 Å². The summed E-state index contributed by atoms with van der Waals surface area (Å²) in [6, 6.07) is -0.917. The maximum Gasteiger partial charge on any atom is 0.320 e. The SMILES string of the molecule is CC(C)Cn1ncnc1C[C@H](N)C(=O)O. The quantitative estimate of drug-likeness (QED) is 0.710. The van der Waals surface area contributed by atoms with E-state index in [0.29, 0.717) is 11.7 Å². The van der Waals surface area contributed by atoms with Crippen LogP contribution in [0.4, 0.5) is 0 Å². The van der Waals surface area contributed by atoms with Crippen molar-refractivity contribution in [3.05, 3.63) is 12.2 Å². The summed E-state index contributed by atoms with van der Waals surface area (Å²) in [5.74, 6) is 0.0409. The van der Waals surface area contributed by atoms with Gasteiger partial charge in [0.2, 0.25) is 0 Å². The van der Waals surface area contributed by atoms with Gasteiger partial charge in [0.25, 0.3) is 0 Å². The van der Waals surface area contributed by atoms with Crippen LogP contribution in [0.2, 0.25) is 0 Å². The van der Waals surface area contributed by atoms with Gasteiger partial charge in [-0.2, -0.15) is 5.10 Å². The fourth-order valence-electron chi connectivity index (χ4n) is 1.23. The Morgan fingerprint density at radius 3 is 2.87 bits per heavy atom. The van der Waals surface area contributed by atoms with Crippen molar-refractivity contribution in [3.8, 4) is 0 Å². The summed E-state index contributed by atoms with van der Waals surface area (Å²) in [7, 11) is 0. The third-order valence-electron chi connectivity index (χ3n) is 1.95. The summed E-state index contributed by atoms with van der Waals surface area (Å²) < 4.78 is 1.70. The highest BCUT2D eigenvalue weighted by atomic mass is 16.4. The lowest BCUT2D eigenvalue weighted by Crippen LogP contribution is -2.33. The van der Waals surface area contributed by atoms with Crippen molar-refractivity contribution >= 4 is 5.97 Å². The second-order valence-electron chi connectivity index (χ2n) is 3.90. The molecular formula is C9H16N4O2. The molecule has 0 aliphatic rings. The number of carboxylic acids is 1. The predicted octanol–water partition coefficient (Wildman–Crippen LogP) is -0.111. The maximum absolute atomic E-state index is 10.6. The van der Waals surface area contributed by atoms with Crippen LogP contribution in [0.1, 0.15) is 19.7 Å². The van der Waals surface area contributed by atoms with Gasteiger partial charge in [-0.15, -0.1) is 0 Å². The standard InChI is InChI=1S/C9H16N4O2/c1-6(2)4-13-8(11-5-12-13)3-7(10)9(14)15/h5-7H,3-4,10H2,1-2H3,(H,14,15)/t7-/m0/s1. The zero-order valence-electron chi connectivity index (χ0n) is 8.92. The van der Waals surface area contributed by atoms with Gasteiger partial charge in [-0.1, -0.05) is 13.8 Å². The van der Waals surface area contributed by atoms with Crippen LogP contribution in [0.15, 0.2) is 6.33 Å². The Balaban J connectivity index is 2.68. The van der Waals surface area contributed by atoms with Gasteiger partial charge in [0.15, 0.2) is 0 Å². The monoisotopic (exact) mass is 212 g/mol. The third-order valence-corrected chi connectivity index (χ3v) is 1.95. The van der Waals surface area contributed by atoms with Crippen molar-refractivity contribution in [1.29, 1.82) is 0 Å². The Labute approximate surface area is 88.1 Å². The lowest BCUT2D eigenvalue weighted by Gasteiger charge is -2.10. The van der Waals surface area contributed by atoms with Crippen molar-refractivity contribution < 1.29 is 9.90 Å². The summed E-state index contributed by atoms with van der Waals surface area (Å²) in [6.07, 6.45) is 1.63. The minimum atomic E-state index is -1.02. The lowest BCUT2D eigenvalue weighted by atomic mass is 10.2. The summed E-state index contributed by atoms with van der Waals surface area (Å²) in [6.45, 7) is 4.84. The van der Waals surface area contributed by atoms with Crippen molar-refractivity contribution in [2.75, 3.05) is 0 Å². The molecule has 1 aromatic rings. The minimum Gasteiger partial charge on any atom is -0.480 e. The highest BCUT2D eigenvalue weighted by molar-refractivity contribution is 5.73. The van der Waals surface area contributed by atoms with Crippen LogP contribution < -0.4 is 5.73 Å². The molecule has 6 heteroatoms. The average Bonchev–Trinajstić information content (AvgIpc) is 2.51. The molecule has 0 amide bonds. The second-order valence-corrected chi connectivity index (χ2v) is 3.90. The van der Waals surface area contributed by atoms with E-state index < -0.39 is 12.0 Å². The van der Waals surface area contributed by atoms with Gasteiger partial charge in [0.1, 0.15) is 18.2 Å². The third kappa shape index (κ3) is 3.32. The first-order chi connectivity index (χ1) is 7.00. The topological polar surface area (TPSA) is 94.0 Å². The predicted molar refractivity (Wildman–Crippen MR) is 54.2 cm³/mol. The van der Waals surface area contributed by atoms with Crippen LogP contribution in [0.5, 0.6) is 0 Å². The van der Waals surface area contributed by atoms with Crippen LogP contribution in [0.3, 0.4) is 0 Å². The number of aromatic nitrogens is 3. The molecule has 0 radical (unpaired) electrons. The first-order valence-electron chi connectivity index (χ1n) is 4.85. The van der Waals surface area contributed by atoms with E-state index in [-0.39, 0.29) is 6.42 Å². The normalized spacial score (nSPS) is 13.1. The highest BCUT2D eigenvalue weighted by Crippen LogP contribution is 2.03. The molecule has 1 heterocycles. The number of carbonyl (C=O) groups is 1. The molecule has 0 aliphatic heterocycles. The molecule has 0 saturated heterocycles. The zero-order chi connectivity index (χ0) is 11.4. The zero-order valence-corrected chi connectivity index (χ0v) is 8.92. The molecule has 0 bridgehead atoms. The largest absolute Gasteiger partial charge is 0.480 e. The fraction of sp³-hybridized carbons (Fsp3) is 0.667. The van der Waals surface area contributed by atoms with Gasteiger partial charge in [-0.25, -0.2) is 9.67 Å². The average molecular weight is 212 g/mol. The Hall–Kier alpha value is -1.43. The summed E-state index contributed by atoms with van der Waals surface area (Å²) >= 11 is 0. The van der Waals surface area contributed by atoms with E-state index in [0.717, 1.165) is 6.54 Å². The van der Waals surface area contributed by atoms with Gasteiger partial charge in [0.05, 0.1) is 0 Å². The van der Waals surface area contributed by atoms with E-state index in [4.69, 9.17) is 10.8 Å². The molecule has 1 aromatic heterocycles. The van der Waals surface area contributed by atoms with E-state index >= 15 is 0 Å². The Morgan fingerprint density at radius 1 is 1.67 bits per heavy atom. The number of rotatable bonds is 5. The van der Waals surface area contributed by atoms with Gasteiger partial charge in [-0.05, 0) is 5.92 Å². The summed E-state index contributed by atoms with van der Waals surface area (Å²) in [5, 5.41) is 12.7. The van der Waals surface area contributed by atoms with E-state index in [9.17, 15) is 4.79 Å². The Bertz CT molecular complexity index is 335. The van der Waals surface area contributed by atoms with Crippen LogP contribution in [-0.2, 0) is 17.8 Å². The molecule has 84 valence electrons. The molecule has 1 rings (SSSR count). The molecule has 1 atom stereocenters. The highest BCUT2D eigenvalue weighted by Gasteiger charge is 2.16. The molecule has 0 fully saturated rings. The number of hydrogen-bond donors (Lipinski definition) is 2. The van der Waals surface area contributed by atoms with E-state index in [1.807, 2.05) is 0 Å². The first kappa shape index (κ1) is 11.6. The molecule has 15 heavy (non-hydrogen) atoms. The first-order valence-corrected chi connectivity index (χ1v) is 4.85. The van der Waals surface area contributed by atoms with Crippen LogP contribution >= 0.6 is 0 Å². The number of nitrogens with two attached hydrogens (primary N) is 1. The molecule has 0 aromatic carbocycles. The molecule has 6 nitrogen and oxygen atoms in total. The molecule has 0 spiro atoms. The van der Waals surface area contributed by atoms with Crippen molar-refractivity contribution in [1.82, 2.24) is 14.8 Å². The van der Waals surface area contributed by atoms with Crippen molar-refractivity contribution in [2.45, 2.75) is 32.9 Å². The van der Waals surface area contributed by atoms with Crippen LogP contribution in [0, 0.1) is 5.92 Å². The van der Waals surface area contributed by atoms with E-state index in [1.165, 1.54) is 6.33 Å². The van der Waals surface area contributed by atoms with Crippen molar-refractivity contribution in [3.63, 3.8) is 0 Å². The fourth-order valence-corrected chi connectivity index (χ4v) is 1.23. The maximum atomic E-state index is 10.6. The minimum absolute atomic E-state index is 0.210. The van der Waals surface area contributed by atoms with Crippen LogP contribution in [0.25, 0.3) is 0 Å². The molecule has 3 N–H and O–H groups in total. The Kier molecular flexibility index (Phi) is 3.79. The van der Waals surface area contributed by atoms with Gasteiger partial charge < -0.3 is 10.8 Å². The van der Waals surface area contributed by atoms with Crippen LogP contribution in [-0.4, -0.2) is 31.9 Å². The molecule has 0 saturated carbocycles. The van der Waals surface area contributed by atoms with E-state index in [1.54, 1.807) is 4.68 Å². The molecule has 0 aliphatic carbocycles. The lowest BCUT2D eigenvalue weighted by molar-refractivity contribution is -0.138. The Morgan fingerprint density at radius 2 is 2.33 bits per heavy atom.